The molecule has 1 saturated carbocycles. The minimum Gasteiger partial charge on any atom is -0.497 e. The summed E-state index contributed by atoms with van der Waals surface area (Å²) < 4.78 is 10.5. The highest BCUT2D eigenvalue weighted by atomic mass is 16.5. The van der Waals surface area contributed by atoms with Crippen LogP contribution in [0.5, 0.6) is 11.5 Å². The molecule has 0 saturated heterocycles. The van der Waals surface area contributed by atoms with Gasteiger partial charge < -0.3 is 14.6 Å². The minimum absolute atomic E-state index is 0.182. The van der Waals surface area contributed by atoms with Gasteiger partial charge in [-0.2, -0.15) is 0 Å². The third kappa shape index (κ3) is 2.45. The lowest BCUT2D eigenvalue weighted by Crippen LogP contribution is -2.05. The fourth-order valence-corrected chi connectivity index (χ4v) is 1.42. The van der Waals surface area contributed by atoms with E-state index in [0.29, 0.717) is 24.0 Å². The van der Waals surface area contributed by atoms with Gasteiger partial charge in [0.15, 0.2) is 0 Å². The van der Waals surface area contributed by atoms with E-state index in [-0.39, 0.29) is 5.56 Å². The summed E-state index contributed by atoms with van der Waals surface area (Å²) in [5.74, 6) is 0.607. The highest BCUT2D eigenvalue weighted by Gasteiger charge is 2.23. The molecule has 1 fully saturated rings. The average molecular weight is 222 g/mol. The van der Waals surface area contributed by atoms with Crippen LogP contribution in [0.1, 0.15) is 23.2 Å². The molecule has 0 aromatic heterocycles. The fourth-order valence-electron chi connectivity index (χ4n) is 1.42. The average Bonchev–Trinajstić information content (AvgIpc) is 3.09. The second kappa shape index (κ2) is 4.43. The van der Waals surface area contributed by atoms with Crippen LogP contribution >= 0.6 is 0 Å². The molecule has 0 bridgehead atoms. The molecule has 1 aromatic carbocycles. The summed E-state index contributed by atoms with van der Waals surface area (Å²) in [6, 6.07) is 4.74. The maximum atomic E-state index is 11.0. The summed E-state index contributed by atoms with van der Waals surface area (Å²) in [5, 5.41) is 8.99. The van der Waals surface area contributed by atoms with Crippen molar-refractivity contribution in [2.75, 3.05) is 13.7 Å². The zero-order valence-corrected chi connectivity index (χ0v) is 9.10. The fraction of sp³-hybridized carbons (Fsp3) is 0.417. The largest absolute Gasteiger partial charge is 0.497 e. The maximum Gasteiger partial charge on any atom is 0.339 e. The van der Waals surface area contributed by atoms with Crippen molar-refractivity contribution in [3.63, 3.8) is 0 Å². The monoisotopic (exact) mass is 222 g/mol. The van der Waals surface area contributed by atoms with E-state index in [9.17, 15) is 4.79 Å². The van der Waals surface area contributed by atoms with Gasteiger partial charge in [-0.25, -0.2) is 4.79 Å². The second-order valence-corrected chi connectivity index (χ2v) is 3.92. The number of rotatable bonds is 5. The summed E-state index contributed by atoms with van der Waals surface area (Å²) in [6.07, 6.45) is 2.35. The number of hydrogen-bond donors (Lipinski definition) is 1. The Balaban J connectivity index is 2.18. The van der Waals surface area contributed by atoms with Crippen molar-refractivity contribution in [3.8, 4) is 11.5 Å². The van der Waals surface area contributed by atoms with Gasteiger partial charge in [-0.3, -0.25) is 0 Å². The lowest BCUT2D eigenvalue weighted by atomic mass is 10.2. The van der Waals surface area contributed by atoms with Crippen LogP contribution in [0.15, 0.2) is 18.2 Å². The van der Waals surface area contributed by atoms with Crippen molar-refractivity contribution in [1.82, 2.24) is 0 Å². The molecule has 4 heteroatoms. The molecule has 2 rings (SSSR count). The van der Waals surface area contributed by atoms with Gasteiger partial charge in [0.2, 0.25) is 0 Å². The van der Waals surface area contributed by atoms with E-state index < -0.39 is 5.97 Å². The standard InChI is InChI=1S/C12H14O4/c1-15-9-4-5-10(12(13)14)11(6-9)16-7-8-2-3-8/h4-6,8H,2-3,7H2,1H3,(H,13,14). The van der Waals surface area contributed by atoms with Crippen molar-refractivity contribution in [3.05, 3.63) is 23.8 Å². The first kappa shape index (κ1) is 10.8. The summed E-state index contributed by atoms with van der Waals surface area (Å²) in [5.41, 5.74) is 0.182. The number of hydrogen-bond acceptors (Lipinski definition) is 3. The molecule has 16 heavy (non-hydrogen) atoms. The molecule has 0 amide bonds. The molecule has 4 nitrogen and oxygen atoms in total. The van der Waals surface area contributed by atoms with Gasteiger partial charge in [-0.1, -0.05) is 0 Å². The Kier molecular flexibility index (Phi) is 2.99. The number of methoxy groups -OCH3 is 1. The molecule has 1 N–H and O–H groups in total. The van der Waals surface area contributed by atoms with Crippen LogP contribution in [0.3, 0.4) is 0 Å². The van der Waals surface area contributed by atoms with Crippen molar-refractivity contribution in [1.29, 1.82) is 0 Å². The number of ether oxygens (including phenoxy) is 2. The predicted octanol–water partition coefficient (Wildman–Crippen LogP) is 2.18. The molecule has 1 aliphatic rings. The number of carbonyl (C=O) groups is 1. The highest BCUT2D eigenvalue weighted by Crippen LogP contribution is 2.31. The Labute approximate surface area is 93.8 Å². The van der Waals surface area contributed by atoms with E-state index in [4.69, 9.17) is 14.6 Å². The maximum absolute atomic E-state index is 11.0. The minimum atomic E-state index is -0.978. The summed E-state index contributed by atoms with van der Waals surface area (Å²) in [6.45, 7) is 0.591. The van der Waals surface area contributed by atoms with Crippen LogP contribution in [0.4, 0.5) is 0 Å². The summed E-state index contributed by atoms with van der Waals surface area (Å²) >= 11 is 0. The molecule has 0 radical (unpaired) electrons. The third-order valence-electron chi connectivity index (χ3n) is 2.59. The number of carboxylic acids is 1. The van der Waals surface area contributed by atoms with Crippen LogP contribution < -0.4 is 9.47 Å². The van der Waals surface area contributed by atoms with Crippen molar-refractivity contribution >= 4 is 5.97 Å². The van der Waals surface area contributed by atoms with E-state index in [1.807, 2.05) is 0 Å². The van der Waals surface area contributed by atoms with E-state index >= 15 is 0 Å². The lowest BCUT2D eigenvalue weighted by molar-refractivity contribution is 0.0692. The van der Waals surface area contributed by atoms with Crippen molar-refractivity contribution in [2.24, 2.45) is 5.92 Å². The van der Waals surface area contributed by atoms with E-state index in [2.05, 4.69) is 0 Å². The number of aromatic carboxylic acids is 1. The Bertz CT molecular complexity index is 396. The van der Waals surface area contributed by atoms with Gasteiger partial charge in [-0.15, -0.1) is 0 Å². The first-order chi connectivity index (χ1) is 7.70. The van der Waals surface area contributed by atoms with Gasteiger partial charge >= 0.3 is 5.97 Å². The van der Waals surface area contributed by atoms with Gasteiger partial charge in [0.25, 0.3) is 0 Å². The normalized spacial score (nSPS) is 14.6. The number of benzene rings is 1. The van der Waals surface area contributed by atoms with Gasteiger partial charge in [0.1, 0.15) is 17.1 Å². The zero-order chi connectivity index (χ0) is 11.5. The SMILES string of the molecule is COc1ccc(C(=O)O)c(OCC2CC2)c1. The summed E-state index contributed by atoms with van der Waals surface area (Å²) in [4.78, 5) is 11.0. The van der Waals surface area contributed by atoms with Crippen LogP contribution in [0.25, 0.3) is 0 Å². The van der Waals surface area contributed by atoms with Gasteiger partial charge in [0.05, 0.1) is 13.7 Å². The van der Waals surface area contributed by atoms with Crippen LogP contribution in [-0.4, -0.2) is 24.8 Å². The van der Waals surface area contributed by atoms with Crippen molar-refractivity contribution < 1.29 is 19.4 Å². The van der Waals surface area contributed by atoms with E-state index in [1.54, 1.807) is 19.2 Å². The summed E-state index contributed by atoms with van der Waals surface area (Å²) in [7, 11) is 1.54. The molecule has 0 heterocycles. The van der Waals surface area contributed by atoms with Crippen molar-refractivity contribution in [2.45, 2.75) is 12.8 Å². The highest BCUT2D eigenvalue weighted by molar-refractivity contribution is 5.91. The smallest absolute Gasteiger partial charge is 0.339 e. The Morgan fingerprint density at radius 3 is 2.81 bits per heavy atom. The molecule has 0 aliphatic heterocycles. The van der Waals surface area contributed by atoms with E-state index in [1.165, 1.54) is 18.9 Å². The molecule has 0 atom stereocenters. The Hall–Kier alpha value is -1.71. The first-order valence-electron chi connectivity index (χ1n) is 5.25. The molecular weight excluding hydrogens is 208 g/mol. The van der Waals surface area contributed by atoms with Gasteiger partial charge in [-0.05, 0) is 30.9 Å². The van der Waals surface area contributed by atoms with E-state index in [0.717, 1.165) is 0 Å². The molecule has 1 aromatic rings. The molecular formula is C12H14O4. The topological polar surface area (TPSA) is 55.8 Å². The third-order valence-corrected chi connectivity index (χ3v) is 2.59. The molecule has 1 aliphatic carbocycles. The Morgan fingerprint density at radius 1 is 1.50 bits per heavy atom. The first-order valence-corrected chi connectivity index (χ1v) is 5.25. The second-order valence-electron chi connectivity index (χ2n) is 3.92. The predicted molar refractivity (Wildman–Crippen MR) is 58.2 cm³/mol. The molecule has 86 valence electrons. The Morgan fingerprint density at radius 2 is 2.25 bits per heavy atom. The quantitative estimate of drug-likeness (QED) is 0.829. The van der Waals surface area contributed by atoms with Crippen LogP contribution in [-0.2, 0) is 0 Å². The van der Waals surface area contributed by atoms with Crippen LogP contribution in [0.2, 0.25) is 0 Å². The molecule has 0 spiro atoms. The zero-order valence-electron chi connectivity index (χ0n) is 9.10. The van der Waals surface area contributed by atoms with Gasteiger partial charge in [0, 0.05) is 6.07 Å². The van der Waals surface area contributed by atoms with Crippen LogP contribution in [0, 0.1) is 5.92 Å². The molecule has 0 unspecified atom stereocenters. The lowest BCUT2D eigenvalue weighted by Gasteiger charge is -2.10. The number of carboxylic acid groups (broad SMARTS) is 1.